The van der Waals surface area contributed by atoms with Gasteiger partial charge >= 0.3 is 5.97 Å². The molecule has 5 nitrogen and oxygen atoms in total. The zero-order chi connectivity index (χ0) is 12.1. The van der Waals surface area contributed by atoms with E-state index in [1.807, 2.05) is 6.07 Å². The van der Waals surface area contributed by atoms with Crippen LogP contribution in [0.25, 0.3) is 0 Å². The summed E-state index contributed by atoms with van der Waals surface area (Å²) in [6.07, 6.45) is 0. The molecular formula is C11H16N2O3. The Balaban J connectivity index is 2.98. The summed E-state index contributed by atoms with van der Waals surface area (Å²) in [5.74, 6) is -0.363. The van der Waals surface area contributed by atoms with E-state index in [4.69, 9.17) is 15.6 Å². The van der Waals surface area contributed by atoms with Crippen molar-refractivity contribution in [2.75, 3.05) is 14.2 Å². The lowest BCUT2D eigenvalue weighted by Gasteiger charge is -2.20. The van der Waals surface area contributed by atoms with Crippen molar-refractivity contribution < 1.29 is 14.6 Å². The first-order valence-corrected chi connectivity index (χ1v) is 4.89. The van der Waals surface area contributed by atoms with E-state index in [9.17, 15) is 4.79 Å². The SMILES string of the molecule is CNC(c1cccc(OC)c1)C(N)C(=O)O. The van der Waals surface area contributed by atoms with Crippen LogP contribution in [0.1, 0.15) is 11.6 Å². The molecule has 0 aliphatic carbocycles. The van der Waals surface area contributed by atoms with Crippen LogP contribution in [0.5, 0.6) is 5.75 Å². The second-order valence-corrected chi connectivity index (χ2v) is 3.41. The molecule has 0 saturated carbocycles. The number of nitrogens with one attached hydrogen (secondary N) is 1. The van der Waals surface area contributed by atoms with Crippen LogP contribution in [0.3, 0.4) is 0 Å². The van der Waals surface area contributed by atoms with Gasteiger partial charge in [-0.15, -0.1) is 0 Å². The number of methoxy groups -OCH3 is 1. The Morgan fingerprint density at radius 1 is 1.56 bits per heavy atom. The van der Waals surface area contributed by atoms with Crippen LogP contribution in [0.2, 0.25) is 0 Å². The van der Waals surface area contributed by atoms with E-state index < -0.39 is 18.1 Å². The third-order valence-electron chi connectivity index (χ3n) is 2.41. The van der Waals surface area contributed by atoms with E-state index in [0.29, 0.717) is 5.75 Å². The summed E-state index contributed by atoms with van der Waals surface area (Å²) in [5.41, 5.74) is 6.38. The molecule has 0 fully saturated rings. The lowest BCUT2D eigenvalue weighted by Crippen LogP contribution is -2.42. The van der Waals surface area contributed by atoms with E-state index in [1.54, 1.807) is 32.4 Å². The molecule has 0 radical (unpaired) electrons. The molecule has 2 unspecified atom stereocenters. The van der Waals surface area contributed by atoms with E-state index in [2.05, 4.69) is 5.32 Å². The van der Waals surface area contributed by atoms with Crippen molar-refractivity contribution in [3.05, 3.63) is 29.8 Å². The molecule has 0 aliphatic rings. The monoisotopic (exact) mass is 224 g/mol. The lowest BCUT2D eigenvalue weighted by molar-refractivity contribution is -0.139. The number of likely N-dealkylation sites (N-methyl/N-ethyl adjacent to an activating group) is 1. The van der Waals surface area contributed by atoms with Crippen molar-refractivity contribution in [2.45, 2.75) is 12.1 Å². The molecule has 0 amide bonds. The first-order valence-electron chi connectivity index (χ1n) is 4.89. The molecule has 0 spiro atoms. The second kappa shape index (κ2) is 5.48. The van der Waals surface area contributed by atoms with E-state index in [0.717, 1.165) is 5.56 Å². The molecule has 0 saturated heterocycles. The highest BCUT2D eigenvalue weighted by atomic mass is 16.5. The zero-order valence-corrected chi connectivity index (χ0v) is 9.31. The molecule has 0 heterocycles. The van der Waals surface area contributed by atoms with Crippen LogP contribution < -0.4 is 15.8 Å². The normalized spacial score (nSPS) is 14.2. The van der Waals surface area contributed by atoms with Crippen molar-refractivity contribution >= 4 is 5.97 Å². The van der Waals surface area contributed by atoms with Crippen molar-refractivity contribution in [3.8, 4) is 5.75 Å². The Morgan fingerprint density at radius 3 is 2.75 bits per heavy atom. The quantitative estimate of drug-likeness (QED) is 0.672. The van der Waals surface area contributed by atoms with Gasteiger partial charge in [-0.25, -0.2) is 0 Å². The van der Waals surface area contributed by atoms with Crippen LogP contribution in [0.15, 0.2) is 24.3 Å². The molecule has 0 bridgehead atoms. The standard InChI is InChI=1S/C11H16N2O3/c1-13-10(9(12)11(14)15)7-4-3-5-8(6-7)16-2/h3-6,9-10,13H,12H2,1-2H3,(H,14,15). The summed E-state index contributed by atoms with van der Waals surface area (Å²) in [7, 11) is 3.23. The first kappa shape index (κ1) is 12.5. The van der Waals surface area contributed by atoms with Crippen molar-refractivity contribution in [3.63, 3.8) is 0 Å². The number of carbonyl (C=O) groups is 1. The Kier molecular flexibility index (Phi) is 4.28. The molecule has 0 aliphatic heterocycles. The molecule has 5 heteroatoms. The van der Waals surface area contributed by atoms with Crippen LogP contribution in [0.4, 0.5) is 0 Å². The Bertz CT molecular complexity index is 368. The Hall–Kier alpha value is -1.59. The fourth-order valence-electron chi connectivity index (χ4n) is 1.53. The molecular weight excluding hydrogens is 208 g/mol. The van der Waals surface area contributed by atoms with Gasteiger partial charge in [0.1, 0.15) is 11.8 Å². The van der Waals surface area contributed by atoms with Crippen molar-refractivity contribution in [1.82, 2.24) is 5.32 Å². The third-order valence-corrected chi connectivity index (χ3v) is 2.41. The zero-order valence-electron chi connectivity index (χ0n) is 9.31. The van der Waals surface area contributed by atoms with E-state index in [1.165, 1.54) is 0 Å². The van der Waals surface area contributed by atoms with Gasteiger partial charge in [-0.2, -0.15) is 0 Å². The van der Waals surface area contributed by atoms with Gasteiger partial charge < -0.3 is 20.9 Å². The minimum absolute atomic E-state index is 0.437. The van der Waals surface area contributed by atoms with Crippen molar-refractivity contribution in [1.29, 1.82) is 0 Å². The molecule has 1 aromatic carbocycles. The van der Waals surface area contributed by atoms with Gasteiger partial charge in [0.15, 0.2) is 0 Å². The third kappa shape index (κ3) is 2.71. The number of carboxylic acids is 1. The van der Waals surface area contributed by atoms with E-state index in [-0.39, 0.29) is 0 Å². The number of nitrogens with two attached hydrogens (primary N) is 1. The maximum atomic E-state index is 10.8. The summed E-state index contributed by atoms with van der Waals surface area (Å²) >= 11 is 0. The summed E-state index contributed by atoms with van der Waals surface area (Å²) in [6, 6.07) is 5.75. The highest BCUT2D eigenvalue weighted by molar-refractivity contribution is 5.74. The highest BCUT2D eigenvalue weighted by Gasteiger charge is 2.24. The van der Waals surface area contributed by atoms with Crippen LogP contribution in [0, 0.1) is 0 Å². The highest BCUT2D eigenvalue weighted by Crippen LogP contribution is 2.20. The molecule has 1 aromatic rings. The number of hydrogen-bond acceptors (Lipinski definition) is 4. The summed E-state index contributed by atoms with van der Waals surface area (Å²) in [4.78, 5) is 10.8. The molecule has 1 rings (SSSR count). The predicted molar refractivity (Wildman–Crippen MR) is 60.4 cm³/mol. The molecule has 0 aromatic heterocycles. The van der Waals surface area contributed by atoms with Gasteiger partial charge in [-0.1, -0.05) is 12.1 Å². The maximum Gasteiger partial charge on any atom is 0.322 e. The number of rotatable bonds is 5. The predicted octanol–water partition coefficient (Wildman–Crippen LogP) is 0.368. The minimum Gasteiger partial charge on any atom is -0.497 e. The fourth-order valence-corrected chi connectivity index (χ4v) is 1.53. The smallest absolute Gasteiger partial charge is 0.322 e. The topological polar surface area (TPSA) is 84.6 Å². The maximum absolute atomic E-state index is 10.8. The van der Waals surface area contributed by atoms with Gasteiger partial charge in [0, 0.05) is 0 Å². The molecule has 88 valence electrons. The van der Waals surface area contributed by atoms with Gasteiger partial charge in [0.2, 0.25) is 0 Å². The Morgan fingerprint density at radius 2 is 2.25 bits per heavy atom. The first-order chi connectivity index (χ1) is 7.60. The van der Waals surface area contributed by atoms with Gasteiger partial charge in [0.05, 0.1) is 13.2 Å². The summed E-state index contributed by atoms with van der Waals surface area (Å²) in [5, 5.41) is 11.8. The number of carboxylic acid groups (broad SMARTS) is 1. The summed E-state index contributed by atoms with van der Waals surface area (Å²) < 4.78 is 5.07. The molecule has 16 heavy (non-hydrogen) atoms. The summed E-state index contributed by atoms with van der Waals surface area (Å²) in [6.45, 7) is 0. The lowest BCUT2D eigenvalue weighted by atomic mass is 10.00. The largest absolute Gasteiger partial charge is 0.497 e. The van der Waals surface area contributed by atoms with Crippen molar-refractivity contribution in [2.24, 2.45) is 5.73 Å². The Labute approximate surface area is 94.2 Å². The van der Waals surface area contributed by atoms with Gasteiger partial charge in [0.25, 0.3) is 0 Å². The fraction of sp³-hybridized carbons (Fsp3) is 0.364. The van der Waals surface area contributed by atoms with Gasteiger partial charge in [-0.3, -0.25) is 4.79 Å². The average Bonchev–Trinajstić information content (AvgIpc) is 2.30. The van der Waals surface area contributed by atoms with Crippen LogP contribution in [-0.4, -0.2) is 31.3 Å². The van der Waals surface area contributed by atoms with Crippen LogP contribution >= 0.6 is 0 Å². The van der Waals surface area contributed by atoms with E-state index >= 15 is 0 Å². The second-order valence-electron chi connectivity index (χ2n) is 3.41. The number of ether oxygens (including phenoxy) is 1. The number of benzene rings is 1. The van der Waals surface area contributed by atoms with Gasteiger partial charge in [-0.05, 0) is 24.7 Å². The molecule has 2 atom stereocenters. The average molecular weight is 224 g/mol. The number of aliphatic carboxylic acids is 1. The molecule has 4 N–H and O–H groups in total. The number of hydrogen-bond donors (Lipinski definition) is 3. The van der Waals surface area contributed by atoms with Crippen LogP contribution in [-0.2, 0) is 4.79 Å². The minimum atomic E-state index is -1.04.